The number of nitrogens with one attached hydrogen (secondary N) is 1. The molecule has 0 radical (unpaired) electrons. The van der Waals surface area contributed by atoms with Crippen LogP contribution >= 0.6 is 0 Å². The number of hydrogen-bond acceptors (Lipinski definition) is 5. The zero-order valence-corrected chi connectivity index (χ0v) is 19.7. The number of nitrogens with zero attached hydrogens (tertiary/aromatic N) is 2. The average molecular weight is 494 g/mol. The normalized spacial score (nSPS) is 16.9. The molecule has 1 N–H and O–H groups in total. The lowest BCUT2D eigenvalue weighted by molar-refractivity contribution is -0.120. The maximum absolute atomic E-state index is 13.3. The predicted molar refractivity (Wildman–Crippen MR) is 130 cm³/mol. The van der Waals surface area contributed by atoms with E-state index in [1.54, 1.807) is 60.7 Å². The molecule has 0 spiro atoms. The van der Waals surface area contributed by atoms with Crippen molar-refractivity contribution in [3.05, 3.63) is 89.7 Å². The molecule has 1 saturated heterocycles. The van der Waals surface area contributed by atoms with Crippen molar-refractivity contribution < 1.29 is 22.3 Å². The Labute approximate surface area is 203 Å². The Bertz CT molecular complexity index is 1400. The summed E-state index contributed by atoms with van der Waals surface area (Å²) in [7, 11) is -3.67. The number of likely N-dealkylation sites (tertiary alicyclic amines) is 1. The van der Waals surface area contributed by atoms with Crippen LogP contribution in [0.2, 0.25) is 0 Å². The largest absolute Gasteiger partial charge is 0.489 e. The molecular formula is C26H24FN3O4S. The molecule has 35 heavy (non-hydrogen) atoms. The Hall–Kier alpha value is -3.72. The van der Waals surface area contributed by atoms with Gasteiger partial charge in [0, 0.05) is 36.3 Å². The summed E-state index contributed by atoms with van der Waals surface area (Å²) < 4.78 is 47.8. The quantitative estimate of drug-likeness (QED) is 0.576. The molecule has 9 heteroatoms. The van der Waals surface area contributed by atoms with Gasteiger partial charge in [0.05, 0.1) is 0 Å². The molecule has 2 aliphatic heterocycles. The fraction of sp³-hybridized carbons (Fsp3) is 0.231. The molecule has 3 aromatic carbocycles. The van der Waals surface area contributed by atoms with Gasteiger partial charge in [0.1, 0.15) is 23.1 Å². The lowest BCUT2D eigenvalue weighted by atomic mass is 9.95. The van der Waals surface area contributed by atoms with E-state index < -0.39 is 10.0 Å². The number of piperidine rings is 1. The minimum atomic E-state index is -3.67. The molecule has 0 aliphatic carbocycles. The first-order chi connectivity index (χ1) is 16.9. The number of fused-ring (bicyclic) bond motifs is 1. The average Bonchev–Trinajstić information content (AvgIpc) is 3.14. The van der Waals surface area contributed by atoms with Crippen molar-refractivity contribution >= 4 is 27.5 Å². The number of halogens is 1. The van der Waals surface area contributed by atoms with Gasteiger partial charge < -0.3 is 15.0 Å². The highest BCUT2D eigenvalue weighted by Crippen LogP contribution is 2.30. The highest BCUT2D eigenvalue weighted by atomic mass is 32.2. The molecule has 7 nitrogen and oxygen atoms in total. The number of benzene rings is 3. The zero-order valence-electron chi connectivity index (χ0n) is 18.9. The van der Waals surface area contributed by atoms with Gasteiger partial charge in [-0.1, -0.05) is 30.3 Å². The second-order valence-electron chi connectivity index (χ2n) is 8.58. The maximum atomic E-state index is 13.3. The molecule has 2 aliphatic rings. The van der Waals surface area contributed by atoms with Gasteiger partial charge >= 0.3 is 0 Å². The van der Waals surface area contributed by atoms with Crippen LogP contribution in [0.15, 0.2) is 82.1 Å². The number of amidine groups is 1. The van der Waals surface area contributed by atoms with Crippen molar-refractivity contribution in [1.29, 1.82) is 0 Å². The van der Waals surface area contributed by atoms with E-state index in [-0.39, 0.29) is 29.1 Å². The Kier molecular flexibility index (Phi) is 6.25. The van der Waals surface area contributed by atoms with Gasteiger partial charge in [0.15, 0.2) is 5.84 Å². The monoisotopic (exact) mass is 493 g/mol. The number of carbonyl (C=O) groups is 1. The van der Waals surface area contributed by atoms with Crippen molar-refractivity contribution in [1.82, 2.24) is 4.90 Å². The third-order valence-electron chi connectivity index (χ3n) is 6.17. The summed E-state index contributed by atoms with van der Waals surface area (Å²) in [6.45, 7) is 1.30. The standard InChI is InChI=1S/C26H24FN3O4S/c27-20-6-3-5-18(15-20)17-34-22-8-4-7-21(16-22)28-26(31)19-11-13-30(14-12-19)25-23-9-1-2-10-24(23)35(32,33)29-25/h1-10,15-16,19H,11-14,17H2,(H,28,31). The molecule has 0 aromatic heterocycles. The van der Waals surface area contributed by atoms with E-state index in [0.29, 0.717) is 54.3 Å². The van der Waals surface area contributed by atoms with Crippen LogP contribution in [0.25, 0.3) is 0 Å². The SMILES string of the molecule is O=C(Nc1cccc(OCc2cccc(F)c2)c1)C1CCN(C2=NS(=O)(=O)c3ccccc32)CC1. The summed E-state index contributed by atoms with van der Waals surface area (Å²) in [6.07, 6.45) is 1.17. The van der Waals surface area contributed by atoms with E-state index in [1.807, 2.05) is 4.90 Å². The summed E-state index contributed by atoms with van der Waals surface area (Å²) >= 11 is 0. The number of carbonyl (C=O) groups excluding carboxylic acids is 1. The fourth-order valence-electron chi connectivity index (χ4n) is 4.37. The number of sulfonamides is 1. The summed E-state index contributed by atoms with van der Waals surface area (Å²) in [5.74, 6) is 0.429. The Morgan fingerprint density at radius 3 is 2.60 bits per heavy atom. The van der Waals surface area contributed by atoms with Crippen molar-refractivity contribution in [2.45, 2.75) is 24.3 Å². The van der Waals surface area contributed by atoms with Gasteiger partial charge in [0.2, 0.25) is 5.91 Å². The molecule has 3 aromatic rings. The van der Waals surface area contributed by atoms with Crippen LogP contribution in [0.3, 0.4) is 0 Å². The van der Waals surface area contributed by atoms with Gasteiger partial charge in [-0.25, -0.2) is 4.39 Å². The summed E-state index contributed by atoms with van der Waals surface area (Å²) in [5.41, 5.74) is 1.95. The summed E-state index contributed by atoms with van der Waals surface area (Å²) in [6, 6.07) is 20.1. The highest BCUT2D eigenvalue weighted by molar-refractivity contribution is 7.90. The van der Waals surface area contributed by atoms with Crippen molar-refractivity contribution in [3.8, 4) is 5.75 Å². The number of hydrogen-bond donors (Lipinski definition) is 1. The summed E-state index contributed by atoms with van der Waals surface area (Å²) in [4.78, 5) is 15.1. The number of amides is 1. The minimum absolute atomic E-state index is 0.0895. The van der Waals surface area contributed by atoms with Crippen LogP contribution in [0.4, 0.5) is 10.1 Å². The molecule has 0 atom stereocenters. The topological polar surface area (TPSA) is 88.1 Å². The molecule has 1 fully saturated rings. The first-order valence-electron chi connectivity index (χ1n) is 11.4. The summed E-state index contributed by atoms with van der Waals surface area (Å²) in [5, 5.41) is 2.95. The second-order valence-corrected chi connectivity index (χ2v) is 10.2. The van der Waals surface area contributed by atoms with Crippen molar-refractivity contribution in [2.75, 3.05) is 18.4 Å². The second kappa shape index (κ2) is 9.50. The van der Waals surface area contributed by atoms with Crippen LogP contribution in [0.5, 0.6) is 5.75 Å². The number of rotatable bonds is 5. The molecule has 0 unspecified atom stereocenters. The highest BCUT2D eigenvalue weighted by Gasteiger charge is 2.34. The van der Waals surface area contributed by atoms with E-state index in [0.717, 1.165) is 0 Å². The predicted octanol–water partition coefficient (Wildman–Crippen LogP) is 4.20. The number of ether oxygens (including phenoxy) is 1. The Morgan fingerprint density at radius 2 is 1.80 bits per heavy atom. The van der Waals surface area contributed by atoms with E-state index >= 15 is 0 Å². The van der Waals surface area contributed by atoms with Crippen LogP contribution in [-0.2, 0) is 21.4 Å². The van der Waals surface area contributed by atoms with Crippen LogP contribution < -0.4 is 10.1 Å². The van der Waals surface area contributed by atoms with E-state index in [4.69, 9.17) is 4.74 Å². The van der Waals surface area contributed by atoms with Crippen LogP contribution in [0.1, 0.15) is 24.0 Å². The van der Waals surface area contributed by atoms with Gasteiger partial charge in [-0.3, -0.25) is 4.79 Å². The lowest BCUT2D eigenvalue weighted by Gasteiger charge is -2.32. The molecule has 180 valence electrons. The first kappa shape index (κ1) is 23.0. The molecule has 0 bridgehead atoms. The van der Waals surface area contributed by atoms with Gasteiger partial charge in [0.25, 0.3) is 10.0 Å². The third-order valence-corrected chi connectivity index (χ3v) is 7.50. The van der Waals surface area contributed by atoms with Crippen molar-refractivity contribution in [3.63, 3.8) is 0 Å². The molecule has 5 rings (SSSR count). The van der Waals surface area contributed by atoms with Crippen LogP contribution in [-0.4, -0.2) is 38.2 Å². The maximum Gasteiger partial charge on any atom is 0.285 e. The molecule has 1 amide bonds. The molecular weight excluding hydrogens is 469 g/mol. The molecule has 2 heterocycles. The van der Waals surface area contributed by atoms with E-state index in [2.05, 4.69) is 9.71 Å². The van der Waals surface area contributed by atoms with Gasteiger partial charge in [-0.15, -0.1) is 4.40 Å². The first-order valence-corrected chi connectivity index (χ1v) is 12.8. The van der Waals surface area contributed by atoms with Crippen molar-refractivity contribution in [2.24, 2.45) is 10.3 Å². The fourth-order valence-corrected chi connectivity index (χ4v) is 5.60. The van der Waals surface area contributed by atoms with E-state index in [9.17, 15) is 17.6 Å². The Balaban J connectivity index is 1.18. The lowest BCUT2D eigenvalue weighted by Crippen LogP contribution is -2.41. The van der Waals surface area contributed by atoms with Gasteiger partial charge in [-0.05, 0) is 54.8 Å². The van der Waals surface area contributed by atoms with E-state index in [1.165, 1.54) is 12.1 Å². The molecule has 0 saturated carbocycles. The zero-order chi connectivity index (χ0) is 24.4. The smallest absolute Gasteiger partial charge is 0.285 e. The third kappa shape index (κ3) is 5.05. The van der Waals surface area contributed by atoms with Gasteiger partial charge in [-0.2, -0.15) is 8.42 Å². The minimum Gasteiger partial charge on any atom is -0.489 e. The number of anilines is 1. The van der Waals surface area contributed by atoms with Crippen LogP contribution in [0, 0.1) is 11.7 Å². The Morgan fingerprint density at radius 1 is 1.03 bits per heavy atom.